The number of nitrogens with one attached hydrogen (secondary N) is 2. The third-order valence-corrected chi connectivity index (χ3v) is 6.94. The van der Waals surface area contributed by atoms with E-state index in [0.717, 1.165) is 50.8 Å². The minimum atomic E-state index is 0. The molecule has 3 fully saturated rings. The van der Waals surface area contributed by atoms with Crippen molar-refractivity contribution in [2.75, 3.05) is 26.7 Å². The van der Waals surface area contributed by atoms with E-state index in [0.29, 0.717) is 23.3 Å². The third kappa shape index (κ3) is 5.97. The summed E-state index contributed by atoms with van der Waals surface area (Å²) in [7, 11) is 1.84. The van der Waals surface area contributed by atoms with Gasteiger partial charge in [0.05, 0.1) is 0 Å². The van der Waals surface area contributed by atoms with Crippen LogP contribution < -0.4 is 10.6 Å². The van der Waals surface area contributed by atoms with Crippen LogP contribution in [-0.4, -0.2) is 49.5 Å². The summed E-state index contributed by atoms with van der Waals surface area (Å²) in [6.07, 6.45) is 11.1. The summed E-state index contributed by atoms with van der Waals surface area (Å²) in [6.45, 7) is 7.41. The van der Waals surface area contributed by atoms with Gasteiger partial charge in [-0.3, -0.25) is 9.79 Å². The smallest absolute Gasteiger partial charge is 0.225 e. The molecule has 0 spiro atoms. The largest absolute Gasteiger partial charge is 0.356 e. The Morgan fingerprint density at radius 3 is 2.33 bits per heavy atom. The van der Waals surface area contributed by atoms with E-state index in [4.69, 9.17) is 0 Å². The van der Waals surface area contributed by atoms with Gasteiger partial charge in [-0.1, -0.05) is 39.5 Å². The van der Waals surface area contributed by atoms with Crippen LogP contribution in [0.5, 0.6) is 0 Å². The van der Waals surface area contributed by atoms with E-state index in [1.165, 1.54) is 38.5 Å². The molecule has 156 valence electrons. The maximum absolute atomic E-state index is 12.6. The summed E-state index contributed by atoms with van der Waals surface area (Å²) in [5.74, 6) is 2.38. The van der Waals surface area contributed by atoms with Gasteiger partial charge in [-0.15, -0.1) is 24.0 Å². The van der Waals surface area contributed by atoms with E-state index in [1.54, 1.807) is 0 Å². The van der Waals surface area contributed by atoms with Gasteiger partial charge in [-0.2, -0.15) is 0 Å². The summed E-state index contributed by atoms with van der Waals surface area (Å²) < 4.78 is 0. The highest BCUT2D eigenvalue weighted by molar-refractivity contribution is 14.0. The summed E-state index contributed by atoms with van der Waals surface area (Å²) in [5.41, 5.74) is 0.300. The van der Waals surface area contributed by atoms with Gasteiger partial charge in [0.1, 0.15) is 0 Å². The molecule has 3 rings (SSSR count). The van der Waals surface area contributed by atoms with Crippen molar-refractivity contribution < 1.29 is 4.79 Å². The van der Waals surface area contributed by atoms with Gasteiger partial charge in [0, 0.05) is 38.6 Å². The molecule has 0 aromatic rings. The highest BCUT2D eigenvalue weighted by atomic mass is 127. The zero-order valence-corrected chi connectivity index (χ0v) is 19.8. The molecule has 2 saturated carbocycles. The summed E-state index contributed by atoms with van der Waals surface area (Å²) in [5, 5.41) is 7.10. The predicted octanol–water partition coefficient (Wildman–Crippen LogP) is 3.78. The van der Waals surface area contributed by atoms with Crippen molar-refractivity contribution in [3.63, 3.8) is 0 Å². The molecule has 1 unspecified atom stereocenters. The zero-order chi connectivity index (χ0) is 18.6. The molecule has 3 aliphatic rings. The van der Waals surface area contributed by atoms with Crippen molar-refractivity contribution in [1.82, 2.24) is 15.5 Å². The van der Waals surface area contributed by atoms with Crippen LogP contribution in [0.2, 0.25) is 0 Å². The first kappa shape index (κ1) is 22.8. The van der Waals surface area contributed by atoms with Crippen LogP contribution in [0.3, 0.4) is 0 Å². The molecule has 0 bridgehead atoms. The van der Waals surface area contributed by atoms with E-state index < -0.39 is 0 Å². The molecule has 1 saturated heterocycles. The molecule has 1 aliphatic heterocycles. The van der Waals surface area contributed by atoms with Crippen LogP contribution >= 0.6 is 24.0 Å². The van der Waals surface area contributed by atoms with E-state index >= 15 is 0 Å². The monoisotopic (exact) mass is 490 g/mol. The summed E-state index contributed by atoms with van der Waals surface area (Å²) in [6, 6.07) is 0.321. The van der Waals surface area contributed by atoms with E-state index in [9.17, 15) is 4.79 Å². The van der Waals surface area contributed by atoms with Crippen LogP contribution in [-0.2, 0) is 4.79 Å². The highest BCUT2D eigenvalue weighted by Gasteiger charge is 2.34. The van der Waals surface area contributed by atoms with Crippen molar-refractivity contribution in [1.29, 1.82) is 0 Å². The van der Waals surface area contributed by atoms with Gasteiger partial charge in [0.25, 0.3) is 0 Å². The summed E-state index contributed by atoms with van der Waals surface area (Å²) in [4.78, 5) is 19.1. The van der Waals surface area contributed by atoms with Crippen molar-refractivity contribution >= 4 is 35.8 Å². The fourth-order valence-electron chi connectivity index (χ4n) is 5.06. The number of carbonyl (C=O) groups is 1. The second kappa shape index (κ2) is 10.3. The average molecular weight is 490 g/mol. The topological polar surface area (TPSA) is 56.7 Å². The normalized spacial score (nSPS) is 24.9. The second-order valence-corrected chi connectivity index (χ2v) is 9.29. The van der Waals surface area contributed by atoms with Crippen LogP contribution in [0.1, 0.15) is 71.6 Å². The Morgan fingerprint density at radius 1 is 1.07 bits per heavy atom. The van der Waals surface area contributed by atoms with Crippen molar-refractivity contribution in [2.45, 2.75) is 77.7 Å². The Hall–Kier alpha value is -0.530. The highest BCUT2D eigenvalue weighted by Crippen LogP contribution is 2.39. The predicted molar refractivity (Wildman–Crippen MR) is 123 cm³/mol. The number of halogens is 1. The minimum Gasteiger partial charge on any atom is -0.356 e. The number of guanidine groups is 1. The second-order valence-electron chi connectivity index (χ2n) is 9.29. The summed E-state index contributed by atoms with van der Waals surface area (Å²) >= 11 is 0. The van der Waals surface area contributed by atoms with Gasteiger partial charge >= 0.3 is 0 Å². The van der Waals surface area contributed by atoms with Gasteiger partial charge in [-0.25, -0.2) is 0 Å². The number of hydrogen-bond donors (Lipinski definition) is 2. The first-order chi connectivity index (χ1) is 12.5. The molecule has 5 nitrogen and oxygen atoms in total. The lowest BCUT2D eigenvalue weighted by molar-refractivity contribution is -0.134. The maximum atomic E-state index is 12.6. The van der Waals surface area contributed by atoms with Crippen LogP contribution in [0.15, 0.2) is 4.99 Å². The Kier molecular flexibility index (Phi) is 8.69. The van der Waals surface area contributed by atoms with Gasteiger partial charge in [0.15, 0.2) is 5.96 Å². The molecule has 2 N–H and O–H groups in total. The van der Waals surface area contributed by atoms with Gasteiger partial charge in [-0.05, 0) is 43.4 Å². The quantitative estimate of drug-likeness (QED) is 0.351. The molecule has 27 heavy (non-hydrogen) atoms. The molecular weight excluding hydrogens is 451 g/mol. The number of rotatable bonds is 5. The fourth-order valence-corrected chi connectivity index (χ4v) is 5.06. The van der Waals surface area contributed by atoms with Gasteiger partial charge in [0.2, 0.25) is 5.91 Å². The number of likely N-dealkylation sites (tertiary alicyclic amines) is 1. The molecule has 1 heterocycles. The lowest BCUT2D eigenvalue weighted by atomic mass is 9.78. The first-order valence-electron chi connectivity index (χ1n) is 10.8. The first-order valence-corrected chi connectivity index (χ1v) is 10.8. The Labute approximate surface area is 182 Å². The number of aliphatic imine (C=N–C) groups is 1. The average Bonchev–Trinajstić information content (AvgIpc) is 3.40. The van der Waals surface area contributed by atoms with Crippen molar-refractivity contribution in [2.24, 2.45) is 22.2 Å². The van der Waals surface area contributed by atoms with Crippen LogP contribution in [0, 0.1) is 17.3 Å². The molecular formula is C21H39IN4O. The lowest BCUT2D eigenvalue weighted by Crippen LogP contribution is -2.48. The molecule has 0 aromatic heterocycles. The SMILES string of the molecule is CN=C(NCC(C)(C)C1CCCC1)NC1CCN(C(=O)C2CCCC2)C1.I. The van der Waals surface area contributed by atoms with E-state index in [2.05, 4.69) is 34.4 Å². The van der Waals surface area contributed by atoms with E-state index in [-0.39, 0.29) is 24.0 Å². The van der Waals surface area contributed by atoms with Crippen molar-refractivity contribution in [3.8, 4) is 0 Å². The Bertz CT molecular complexity index is 510. The Morgan fingerprint density at radius 2 is 1.70 bits per heavy atom. The molecule has 0 radical (unpaired) electrons. The third-order valence-electron chi connectivity index (χ3n) is 6.94. The molecule has 6 heteroatoms. The zero-order valence-electron chi connectivity index (χ0n) is 17.4. The number of hydrogen-bond acceptors (Lipinski definition) is 2. The van der Waals surface area contributed by atoms with Gasteiger partial charge < -0.3 is 15.5 Å². The Balaban J connectivity index is 0.00000261. The van der Waals surface area contributed by atoms with Crippen LogP contribution in [0.25, 0.3) is 0 Å². The molecule has 1 atom stereocenters. The molecule has 1 amide bonds. The van der Waals surface area contributed by atoms with Crippen molar-refractivity contribution in [3.05, 3.63) is 0 Å². The van der Waals surface area contributed by atoms with E-state index in [1.807, 2.05) is 7.05 Å². The fraction of sp³-hybridized carbons (Fsp3) is 0.905. The van der Waals surface area contributed by atoms with Crippen LogP contribution in [0.4, 0.5) is 0 Å². The molecule has 2 aliphatic carbocycles. The maximum Gasteiger partial charge on any atom is 0.225 e. The number of amides is 1. The minimum absolute atomic E-state index is 0. The molecule has 0 aromatic carbocycles. The number of nitrogens with zero attached hydrogens (tertiary/aromatic N) is 2. The standard InChI is InChI=1S/C21H38N4O.HI/c1-21(2,17-10-6-7-11-17)15-23-20(22-3)24-18-12-13-25(14-18)19(26)16-8-4-5-9-16;/h16-18H,4-15H2,1-3H3,(H2,22,23,24);1H. The number of carbonyl (C=O) groups excluding carboxylic acids is 1. The lowest BCUT2D eigenvalue weighted by Gasteiger charge is -2.32.